The number of hydrogen-bond donors (Lipinski definition) is 0. The molecular formula is C21H21N3S3. The van der Waals surface area contributed by atoms with E-state index < -0.39 is 0 Å². The minimum atomic E-state index is 0.655. The van der Waals surface area contributed by atoms with Crippen molar-refractivity contribution in [1.29, 1.82) is 5.26 Å². The summed E-state index contributed by atoms with van der Waals surface area (Å²) in [5, 5.41) is 14.4. The summed E-state index contributed by atoms with van der Waals surface area (Å²) in [4.78, 5) is 9.20. The van der Waals surface area contributed by atoms with Crippen LogP contribution < -0.4 is 0 Å². The lowest BCUT2D eigenvalue weighted by molar-refractivity contribution is 0.897. The first kappa shape index (κ1) is 19.9. The van der Waals surface area contributed by atoms with E-state index in [1.807, 2.05) is 29.3 Å². The van der Waals surface area contributed by atoms with Gasteiger partial charge in [0.2, 0.25) is 0 Å². The molecule has 138 valence electrons. The van der Waals surface area contributed by atoms with Crippen LogP contribution in [-0.4, -0.2) is 20.8 Å². The Hall–Kier alpha value is -1.81. The molecule has 0 unspecified atom stereocenters. The third-order valence-corrected chi connectivity index (χ3v) is 7.08. The largest absolute Gasteiger partial charge is 0.243 e. The van der Waals surface area contributed by atoms with Crippen molar-refractivity contribution in [2.24, 2.45) is 0 Å². The van der Waals surface area contributed by atoms with Crippen LogP contribution in [0.25, 0.3) is 21.8 Å². The molecule has 0 saturated heterocycles. The fourth-order valence-electron chi connectivity index (χ4n) is 2.64. The number of nitrogens with zero attached hydrogens (tertiary/aromatic N) is 3. The van der Waals surface area contributed by atoms with Gasteiger partial charge in [0.25, 0.3) is 0 Å². The van der Waals surface area contributed by atoms with E-state index in [0.29, 0.717) is 5.56 Å². The van der Waals surface area contributed by atoms with Gasteiger partial charge in [-0.15, -0.1) is 11.3 Å². The van der Waals surface area contributed by atoms with Gasteiger partial charge in [0.15, 0.2) is 0 Å². The van der Waals surface area contributed by atoms with Gasteiger partial charge in [-0.2, -0.15) is 17.0 Å². The van der Waals surface area contributed by atoms with E-state index in [-0.39, 0.29) is 0 Å². The second-order valence-corrected chi connectivity index (χ2v) is 9.41. The Kier molecular flexibility index (Phi) is 7.33. The molecule has 1 aromatic carbocycles. The van der Waals surface area contributed by atoms with Crippen molar-refractivity contribution in [1.82, 2.24) is 9.97 Å². The lowest BCUT2D eigenvalue weighted by Crippen LogP contribution is -1.96. The Balaban J connectivity index is 2.01. The summed E-state index contributed by atoms with van der Waals surface area (Å²) in [6.45, 7) is 4.27. The Morgan fingerprint density at radius 1 is 1.26 bits per heavy atom. The van der Waals surface area contributed by atoms with E-state index in [9.17, 15) is 5.26 Å². The van der Waals surface area contributed by atoms with Crippen molar-refractivity contribution >= 4 is 34.9 Å². The van der Waals surface area contributed by atoms with Crippen LogP contribution in [0.5, 0.6) is 0 Å². The summed E-state index contributed by atoms with van der Waals surface area (Å²) < 4.78 is 0. The third-order valence-electron chi connectivity index (χ3n) is 4.00. The highest BCUT2D eigenvalue weighted by molar-refractivity contribution is 8.15. The molecule has 0 radical (unpaired) electrons. The fourth-order valence-corrected chi connectivity index (χ4v) is 5.44. The molecule has 6 heteroatoms. The van der Waals surface area contributed by atoms with E-state index in [1.54, 1.807) is 29.3 Å². The lowest BCUT2D eigenvalue weighted by Gasteiger charge is -2.12. The van der Waals surface area contributed by atoms with Crippen LogP contribution >= 0.6 is 34.9 Å². The zero-order valence-electron chi connectivity index (χ0n) is 15.4. The lowest BCUT2D eigenvalue weighted by atomic mass is 9.99. The molecule has 0 fully saturated rings. The molecule has 0 spiro atoms. The van der Waals surface area contributed by atoms with Gasteiger partial charge in [-0.3, -0.25) is 0 Å². The number of unbranched alkanes of at least 4 members (excludes halogenated alkanes) is 1. The molecule has 0 aliphatic rings. The van der Waals surface area contributed by atoms with E-state index >= 15 is 0 Å². The predicted molar refractivity (Wildman–Crippen MR) is 118 cm³/mol. The first-order valence-electron chi connectivity index (χ1n) is 8.85. The second kappa shape index (κ2) is 9.93. The molecule has 3 rings (SSSR count). The molecular weight excluding hydrogens is 390 g/mol. The topological polar surface area (TPSA) is 49.6 Å². The maximum Gasteiger partial charge on any atom is 0.141 e. The number of hydrogen-bond acceptors (Lipinski definition) is 6. The second-order valence-electron chi connectivity index (χ2n) is 6.08. The highest BCUT2D eigenvalue weighted by atomic mass is 32.2. The summed E-state index contributed by atoms with van der Waals surface area (Å²) in [6, 6.07) is 12.7. The molecule has 2 aromatic heterocycles. The minimum Gasteiger partial charge on any atom is -0.243 e. The molecule has 0 bridgehead atoms. The van der Waals surface area contributed by atoms with Gasteiger partial charge in [-0.05, 0) is 30.7 Å². The smallest absolute Gasteiger partial charge is 0.141 e. The SMILES string of the molecule is CCCCSCSc1nc(-c2nccs2)cc(-c2cccc(C)c2)c1C#N. The van der Waals surface area contributed by atoms with Crippen LogP contribution in [0, 0.1) is 18.3 Å². The molecule has 0 atom stereocenters. The number of benzene rings is 1. The van der Waals surface area contributed by atoms with Crippen molar-refractivity contribution in [3.63, 3.8) is 0 Å². The number of pyridine rings is 1. The Bertz CT molecular complexity index is 930. The number of aromatic nitrogens is 2. The Morgan fingerprint density at radius 3 is 2.85 bits per heavy atom. The highest BCUT2D eigenvalue weighted by Crippen LogP contribution is 2.36. The molecule has 0 saturated carbocycles. The Morgan fingerprint density at radius 2 is 2.15 bits per heavy atom. The van der Waals surface area contributed by atoms with E-state index in [2.05, 4.69) is 43.1 Å². The third kappa shape index (κ3) is 5.13. The number of rotatable bonds is 8. The van der Waals surface area contributed by atoms with Gasteiger partial charge in [0.1, 0.15) is 21.8 Å². The molecule has 0 aliphatic carbocycles. The summed E-state index contributed by atoms with van der Waals surface area (Å²) >= 11 is 5.12. The summed E-state index contributed by atoms with van der Waals surface area (Å²) in [5.41, 5.74) is 4.64. The maximum atomic E-state index is 9.87. The molecule has 27 heavy (non-hydrogen) atoms. The molecule has 2 heterocycles. The zero-order chi connectivity index (χ0) is 19.1. The molecule has 3 nitrogen and oxygen atoms in total. The standard InChI is InChI=1S/C21H21N3S3/c1-3-4-9-25-14-27-20-18(13-22)17(16-7-5-6-15(2)11-16)12-19(24-20)21-23-8-10-26-21/h5-8,10-12H,3-4,9,14H2,1-2H3. The van der Waals surface area contributed by atoms with Crippen molar-refractivity contribution < 1.29 is 0 Å². The monoisotopic (exact) mass is 411 g/mol. The summed E-state index contributed by atoms with van der Waals surface area (Å²) in [6.07, 6.45) is 4.22. The van der Waals surface area contributed by atoms with E-state index in [1.165, 1.54) is 18.4 Å². The summed E-state index contributed by atoms with van der Waals surface area (Å²) in [7, 11) is 0. The van der Waals surface area contributed by atoms with Gasteiger partial charge in [0.05, 0.1) is 5.56 Å². The van der Waals surface area contributed by atoms with E-state index in [4.69, 9.17) is 4.98 Å². The fraction of sp³-hybridized carbons (Fsp3) is 0.286. The molecule has 0 N–H and O–H groups in total. The van der Waals surface area contributed by atoms with E-state index in [0.717, 1.165) is 37.7 Å². The van der Waals surface area contributed by atoms with Crippen LogP contribution in [0.3, 0.4) is 0 Å². The van der Waals surface area contributed by atoms with Crippen LogP contribution in [0.4, 0.5) is 0 Å². The number of nitriles is 1. The van der Waals surface area contributed by atoms with Gasteiger partial charge in [-0.1, -0.05) is 54.9 Å². The minimum absolute atomic E-state index is 0.655. The van der Waals surface area contributed by atoms with Gasteiger partial charge in [0, 0.05) is 22.2 Å². The number of thiazole rings is 1. The van der Waals surface area contributed by atoms with Crippen LogP contribution in [0.15, 0.2) is 46.9 Å². The van der Waals surface area contributed by atoms with Crippen LogP contribution in [0.2, 0.25) is 0 Å². The quantitative estimate of drug-likeness (QED) is 0.236. The first-order chi connectivity index (χ1) is 13.2. The number of thioether (sulfide) groups is 2. The first-order valence-corrected chi connectivity index (χ1v) is 11.9. The average molecular weight is 412 g/mol. The van der Waals surface area contributed by atoms with Gasteiger partial charge < -0.3 is 0 Å². The highest BCUT2D eigenvalue weighted by Gasteiger charge is 2.17. The summed E-state index contributed by atoms with van der Waals surface area (Å²) in [5.74, 6) is 1.14. The van der Waals surface area contributed by atoms with Crippen molar-refractivity contribution in [2.75, 3.05) is 10.8 Å². The van der Waals surface area contributed by atoms with Gasteiger partial charge in [-0.25, -0.2) is 9.97 Å². The van der Waals surface area contributed by atoms with Crippen LogP contribution in [0.1, 0.15) is 30.9 Å². The van der Waals surface area contributed by atoms with Crippen molar-refractivity contribution in [2.45, 2.75) is 31.7 Å². The average Bonchev–Trinajstić information content (AvgIpc) is 3.22. The zero-order valence-corrected chi connectivity index (χ0v) is 17.9. The van der Waals surface area contributed by atoms with Crippen LogP contribution in [-0.2, 0) is 0 Å². The predicted octanol–water partition coefficient (Wildman–Crippen LogP) is 6.64. The van der Waals surface area contributed by atoms with Crippen molar-refractivity contribution in [3.05, 3.63) is 53.0 Å². The normalized spacial score (nSPS) is 10.7. The molecule has 0 amide bonds. The molecule has 0 aliphatic heterocycles. The maximum absolute atomic E-state index is 9.87. The van der Waals surface area contributed by atoms with Crippen molar-refractivity contribution in [3.8, 4) is 27.9 Å². The Labute approximate surface area is 173 Å². The molecule has 3 aromatic rings. The number of aryl methyl sites for hydroxylation is 1. The van der Waals surface area contributed by atoms with Gasteiger partial charge >= 0.3 is 0 Å².